The number of aliphatic imine (C=N–C) groups is 1. The molecule has 0 saturated carbocycles. The topological polar surface area (TPSA) is 12.4 Å². The van der Waals surface area contributed by atoms with Crippen LogP contribution in [-0.2, 0) is 0 Å². The highest BCUT2D eigenvalue weighted by molar-refractivity contribution is 8.38. The minimum Gasteiger partial charge on any atom is -0.235 e. The van der Waals surface area contributed by atoms with Crippen molar-refractivity contribution in [1.29, 1.82) is 0 Å². The zero-order valence-corrected chi connectivity index (χ0v) is 12.7. The van der Waals surface area contributed by atoms with Gasteiger partial charge in [-0.3, -0.25) is 0 Å². The molecule has 0 aromatic heterocycles. The van der Waals surface area contributed by atoms with Gasteiger partial charge in [0.25, 0.3) is 0 Å². The summed E-state index contributed by atoms with van der Waals surface area (Å²) < 4.78 is 1.11. The average molecular weight is 306 g/mol. The monoisotopic (exact) mass is 305 g/mol. The zero-order chi connectivity index (χ0) is 13.2. The van der Waals surface area contributed by atoms with Crippen LogP contribution in [0.3, 0.4) is 0 Å². The lowest BCUT2D eigenvalue weighted by atomic mass is 10.0. The summed E-state index contributed by atoms with van der Waals surface area (Å²) in [6, 6.07) is 16.4. The van der Waals surface area contributed by atoms with Gasteiger partial charge in [-0.25, -0.2) is 4.99 Å². The maximum Gasteiger partial charge on any atom is 0.131 e. The van der Waals surface area contributed by atoms with Gasteiger partial charge in [0.1, 0.15) is 4.38 Å². The Labute approximate surface area is 126 Å². The Balaban J connectivity index is 2.07. The van der Waals surface area contributed by atoms with E-state index in [-0.39, 0.29) is 0 Å². The number of nitrogens with zero attached hydrogens (tertiary/aromatic N) is 1. The maximum atomic E-state index is 5.97. The van der Waals surface area contributed by atoms with Crippen molar-refractivity contribution in [2.75, 3.05) is 6.26 Å². The van der Waals surface area contributed by atoms with Crippen LogP contribution in [-0.4, -0.2) is 10.6 Å². The molecule has 96 valence electrons. The van der Waals surface area contributed by atoms with Crippen molar-refractivity contribution in [1.82, 2.24) is 0 Å². The fourth-order valence-electron chi connectivity index (χ4n) is 2.08. The fourth-order valence-corrected chi connectivity index (χ4v) is 4.04. The summed E-state index contributed by atoms with van der Waals surface area (Å²) in [5, 5.41) is 1.07. The molecule has 1 atom stereocenters. The van der Waals surface area contributed by atoms with Crippen LogP contribution in [0.25, 0.3) is 0 Å². The minimum atomic E-state index is 0.299. The van der Waals surface area contributed by atoms with Crippen LogP contribution in [0.15, 0.2) is 53.5 Å². The molecule has 4 heteroatoms. The van der Waals surface area contributed by atoms with E-state index in [1.165, 1.54) is 11.1 Å². The van der Waals surface area contributed by atoms with E-state index in [0.717, 1.165) is 15.1 Å². The number of fused-ring (bicyclic) bond motifs is 1. The van der Waals surface area contributed by atoms with Crippen LogP contribution in [0, 0.1) is 0 Å². The van der Waals surface area contributed by atoms with Crippen LogP contribution in [0.2, 0.25) is 5.02 Å². The quantitative estimate of drug-likeness (QED) is 0.687. The lowest BCUT2D eigenvalue weighted by molar-refractivity contribution is 1.15. The molecular formula is C15H12ClNS2. The minimum absolute atomic E-state index is 0.299. The number of halogens is 1. The molecule has 0 radical (unpaired) electrons. The van der Waals surface area contributed by atoms with E-state index < -0.39 is 0 Å². The van der Waals surface area contributed by atoms with Crippen LogP contribution in [0.1, 0.15) is 16.4 Å². The van der Waals surface area contributed by atoms with E-state index in [1.54, 1.807) is 23.5 Å². The third-order valence-corrected chi connectivity index (χ3v) is 5.53. The van der Waals surface area contributed by atoms with Crippen molar-refractivity contribution in [2.45, 2.75) is 5.25 Å². The smallest absolute Gasteiger partial charge is 0.131 e. The molecule has 1 aliphatic heterocycles. The molecule has 2 aromatic carbocycles. The summed E-state index contributed by atoms with van der Waals surface area (Å²) in [4.78, 5) is 4.67. The van der Waals surface area contributed by atoms with Gasteiger partial charge >= 0.3 is 0 Å². The van der Waals surface area contributed by atoms with E-state index in [9.17, 15) is 0 Å². The lowest BCUT2D eigenvalue weighted by Crippen LogP contribution is -2.04. The highest BCUT2D eigenvalue weighted by Gasteiger charge is 2.24. The van der Waals surface area contributed by atoms with Crippen LogP contribution in [0.4, 0.5) is 5.69 Å². The van der Waals surface area contributed by atoms with Crippen LogP contribution < -0.4 is 0 Å². The third-order valence-electron chi connectivity index (χ3n) is 3.00. The Kier molecular flexibility index (Phi) is 3.87. The molecule has 0 fully saturated rings. The molecule has 1 unspecified atom stereocenters. The molecule has 0 bridgehead atoms. The van der Waals surface area contributed by atoms with E-state index in [0.29, 0.717) is 5.25 Å². The van der Waals surface area contributed by atoms with Gasteiger partial charge in [-0.1, -0.05) is 53.7 Å². The van der Waals surface area contributed by atoms with Gasteiger partial charge in [-0.2, -0.15) is 0 Å². The summed E-state index contributed by atoms with van der Waals surface area (Å²) in [6.45, 7) is 0. The Morgan fingerprint density at radius 1 is 1.11 bits per heavy atom. The standard InChI is InChI=1S/C15H12ClNS2/c1-18-15-17-13-5-3-2-4-12(13)14(19-15)10-6-8-11(16)9-7-10/h2-9,14H,1H3. The Morgan fingerprint density at radius 3 is 2.58 bits per heavy atom. The zero-order valence-electron chi connectivity index (χ0n) is 10.3. The summed E-state index contributed by atoms with van der Waals surface area (Å²) in [5.74, 6) is 0. The highest BCUT2D eigenvalue weighted by Crippen LogP contribution is 2.46. The van der Waals surface area contributed by atoms with Crippen molar-refractivity contribution >= 4 is 45.2 Å². The van der Waals surface area contributed by atoms with Crippen molar-refractivity contribution < 1.29 is 0 Å². The van der Waals surface area contributed by atoms with E-state index in [4.69, 9.17) is 11.6 Å². The van der Waals surface area contributed by atoms with Crippen molar-refractivity contribution in [3.05, 3.63) is 64.7 Å². The second-order valence-electron chi connectivity index (χ2n) is 4.19. The number of para-hydroxylation sites is 1. The van der Waals surface area contributed by atoms with E-state index in [1.807, 2.05) is 18.2 Å². The first-order chi connectivity index (χ1) is 9.28. The molecule has 1 aliphatic rings. The van der Waals surface area contributed by atoms with Gasteiger partial charge in [-0.05, 0) is 35.6 Å². The Hall–Kier alpha value is -0.900. The fraction of sp³-hybridized carbons (Fsp3) is 0.133. The third kappa shape index (κ3) is 2.69. The second kappa shape index (κ2) is 5.61. The summed E-state index contributed by atoms with van der Waals surface area (Å²) >= 11 is 9.47. The number of thioether (sulfide) groups is 2. The van der Waals surface area contributed by atoms with Crippen molar-refractivity contribution in [3.8, 4) is 0 Å². The first kappa shape index (κ1) is 13.1. The van der Waals surface area contributed by atoms with Crippen molar-refractivity contribution in [2.24, 2.45) is 4.99 Å². The molecule has 19 heavy (non-hydrogen) atoms. The number of rotatable bonds is 1. The maximum absolute atomic E-state index is 5.97. The molecule has 0 N–H and O–H groups in total. The number of hydrogen-bond donors (Lipinski definition) is 0. The second-order valence-corrected chi connectivity index (χ2v) is 6.77. The van der Waals surface area contributed by atoms with Crippen molar-refractivity contribution in [3.63, 3.8) is 0 Å². The van der Waals surface area contributed by atoms with E-state index in [2.05, 4.69) is 41.6 Å². The van der Waals surface area contributed by atoms with Gasteiger partial charge < -0.3 is 0 Å². The average Bonchev–Trinajstić information content (AvgIpc) is 2.47. The molecule has 1 nitrogen and oxygen atoms in total. The Morgan fingerprint density at radius 2 is 1.84 bits per heavy atom. The molecule has 0 amide bonds. The summed E-state index contributed by atoms with van der Waals surface area (Å²) in [7, 11) is 0. The van der Waals surface area contributed by atoms with Gasteiger partial charge in [0, 0.05) is 5.02 Å². The molecule has 0 aliphatic carbocycles. The summed E-state index contributed by atoms with van der Waals surface area (Å²) in [5.41, 5.74) is 3.61. The predicted octanol–water partition coefficient (Wildman–Crippen LogP) is 5.53. The van der Waals surface area contributed by atoms with E-state index >= 15 is 0 Å². The molecule has 2 aromatic rings. The van der Waals surface area contributed by atoms with Gasteiger partial charge in [0.15, 0.2) is 0 Å². The van der Waals surface area contributed by atoms with Crippen LogP contribution >= 0.6 is 35.1 Å². The highest BCUT2D eigenvalue weighted by atomic mass is 35.5. The summed E-state index contributed by atoms with van der Waals surface area (Å²) in [6.07, 6.45) is 2.07. The first-order valence-corrected chi connectivity index (χ1v) is 8.40. The molecule has 3 rings (SSSR count). The van der Waals surface area contributed by atoms with Gasteiger partial charge in [0.05, 0.1) is 10.9 Å². The SMILES string of the molecule is CSC1=Nc2ccccc2C(c2ccc(Cl)cc2)S1. The predicted molar refractivity (Wildman–Crippen MR) is 87.9 cm³/mol. The molecule has 0 spiro atoms. The Bertz CT molecular complexity index is 622. The molecular weight excluding hydrogens is 294 g/mol. The number of benzene rings is 2. The first-order valence-electron chi connectivity index (χ1n) is 5.91. The normalized spacial score (nSPS) is 17.8. The molecule has 1 heterocycles. The number of hydrogen-bond acceptors (Lipinski definition) is 3. The largest absolute Gasteiger partial charge is 0.235 e. The lowest BCUT2D eigenvalue weighted by Gasteiger charge is -2.23. The van der Waals surface area contributed by atoms with Crippen LogP contribution in [0.5, 0.6) is 0 Å². The van der Waals surface area contributed by atoms with Gasteiger partial charge in [-0.15, -0.1) is 11.8 Å². The molecule has 0 saturated heterocycles. The van der Waals surface area contributed by atoms with Gasteiger partial charge in [0.2, 0.25) is 0 Å².